The molecule has 4 heteroatoms. The van der Waals surface area contributed by atoms with Gasteiger partial charge < -0.3 is 10.6 Å². The highest BCUT2D eigenvalue weighted by molar-refractivity contribution is 5.94. The third kappa shape index (κ3) is 3.00. The van der Waals surface area contributed by atoms with Gasteiger partial charge in [0.2, 0.25) is 0 Å². The molecule has 0 bridgehead atoms. The molecule has 0 aromatic heterocycles. The molecule has 2 rings (SSSR count). The van der Waals surface area contributed by atoms with E-state index in [0.717, 1.165) is 18.5 Å². The Kier molecular flexibility index (Phi) is 4.18. The molecule has 0 amide bonds. The summed E-state index contributed by atoms with van der Waals surface area (Å²) in [5.74, 6) is 0.245. The van der Waals surface area contributed by atoms with Gasteiger partial charge in [0.1, 0.15) is 5.82 Å². The lowest BCUT2D eigenvalue weighted by molar-refractivity contribution is 0.627. The predicted molar refractivity (Wildman–Crippen MR) is 73.3 cm³/mol. The lowest BCUT2D eigenvalue weighted by Crippen LogP contribution is -2.38. The molecule has 0 spiro atoms. The zero-order valence-corrected chi connectivity index (χ0v) is 10.8. The van der Waals surface area contributed by atoms with E-state index in [2.05, 4.69) is 4.99 Å². The fraction of sp³-hybridized carbons (Fsp3) is 0.500. The first kappa shape index (κ1) is 12.9. The van der Waals surface area contributed by atoms with Crippen molar-refractivity contribution >= 4 is 11.6 Å². The number of nitrogens with zero attached hydrogens (tertiary/aromatic N) is 2. The third-order valence-corrected chi connectivity index (χ3v) is 3.35. The molecule has 0 unspecified atom stereocenters. The monoisotopic (exact) mass is 249 g/mol. The lowest BCUT2D eigenvalue weighted by atomic mass is 10.2. The minimum atomic E-state index is -0.250. The molecular formula is C14H20FN3. The summed E-state index contributed by atoms with van der Waals surface area (Å²) in [7, 11) is 0. The highest BCUT2D eigenvalue weighted by Gasteiger charge is 2.16. The van der Waals surface area contributed by atoms with Crippen molar-refractivity contribution in [1.82, 2.24) is 0 Å². The van der Waals surface area contributed by atoms with E-state index in [0.29, 0.717) is 18.5 Å². The van der Waals surface area contributed by atoms with Crippen LogP contribution >= 0.6 is 0 Å². The molecule has 1 aromatic carbocycles. The first-order chi connectivity index (χ1) is 8.70. The van der Waals surface area contributed by atoms with Gasteiger partial charge in [0.05, 0.1) is 6.04 Å². The molecule has 98 valence electrons. The van der Waals surface area contributed by atoms with Crippen LogP contribution in [0.1, 0.15) is 32.6 Å². The summed E-state index contributed by atoms with van der Waals surface area (Å²) >= 11 is 0. The molecule has 3 nitrogen and oxygen atoms in total. The van der Waals surface area contributed by atoms with Crippen molar-refractivity contribution in [3.05, 3.63) is 30.1 Å². The van der Waals surface area contributed by atoms with Gasteiger partial charge in [-0.1, -0.05) is 18.9 Å². The number of nitrogens with two attached hydrogens (primary N) is 1. The summed E-state index contributed by atoms with van der Waals surface area (Å²) in [6.07, 6.45) is 4.68. The Labute approximate surface area is 108 Å². The van der Waals surface area contributed by atoms with Crippen LogP contribution < -0.4 is 10.6 Å². The van der Waals surface area contributed by atoms with Crippen LogP contribution in [0.3, 0.4) is 0 Å². The van der Waals surface area contributed by atoms with Crippen LogP contribution in [0.4, 0.5) is 10.1 Å². The van der Waals surface area contributed by atoms with Gasteiger partial charge in [0.25, 0.3) is 0 Å². The van der Waals surface area contributed by atoms with Crippen molar-refractivity contribution in [3.8, 4) is 0 Å². The highest BCUT2D eigenvalue weighted by atomic mass is 19.1. The van der Waals surface area contributed by atoms with Crippen LogP contribution in [0.15, 0.2) is 29.3 Å². The normalized spacial score (nSPS) is 17.1. The Hall–Kier alpha value is -1.58. The Morgan fingerprint density at radius 1 is 1.44 bits per heavy atom. The number of hydrogen-bond donors (Lipinski definition) is 1. The summed E-state index contributed by atoms with van der Waals surface area (Å²) in [5.41, 5.74) is 6.80. The van der Waals surface area contributed by atoms with E-state index in [1.54, 1.807) is 6.07 Å². The highest BCUT2D eigenvalue weighted by Crippen LogP contribution is 2.22. The second kappa shape index (κ2) is 5.85. The average Bonchev–Trinajstić information content (AvgIpc) is 2.83. The fourth-order valence-corrected chi connectivity index (χ4v) is 2.41. The van der Waals surface area contributed by atoms with E-state index in [1.807, 2.05) is 17.9 Å². The SMILES string of the molecule is CCN(C(N)=NC1CCCC1)c1cccc(F)c1. The minimum Gasteiger partial charge on any atom is -0.370 e. The third-order valence-electron chi connectivity index (χ3n) is 3.35. The van der Waals surface area contributed by atoms with Gasteiger partial charge in [-0.15, -0.1) is 0 Å². The summed E-state index contributed by atoms with van der Waals surface area (Å²) < 4.78 is 13.2. The molecule has 1 aliphatic rings. The van der Waals surface area contributed by atoms with Crippen molar-refractivity contribution in [3.63, 3.8) is 0 Å². The maximum atomic E-state index is 13.2. The number of benzene rings is 1. The van der Waals surface area contributed by atoms with Crippen molar-refractivity contribution in [2.75, 3.05) is 11.4 Å². The molecule has 0 heterocycles. The summed E-state index contributed by atoms with van der Waals surface area (Å²) in [6.45, 7) is 2.67. The van der Waals surface area contributed by atoms with Crippen LogP contribution in [0.5, 0.6) is 0 Å². The Morgan fingerprint density at radius 2 is 2.17 bits per heavy atom. The van der Waals surface area contributed by atoms with E-state index in [1.165, 1.54) is 25.0 Å². The second-order valence-electron chi connectivity index (χ2n) is 4.65. The van der Waals surface area contributed by atoms with E-state index in [-0.39, 0.29) is 5.82 Å². The standard InChI is InChI=1S/C14H20FN3/c1-2-18(13-9-5-6-11(15)10-13)14(16)17-12-7-3-4-8-12/h5-6,9-10,12H,2-4,7-8H2,1H3,(H2,16,17). The summed E-state index contributed by atoms with van der Waals surface area (Å²) in [5, 5.41) is 0. The van der Waals surface area contributed by atoms with Gasteiger partial charge in [0.15, 0.2) is 5.96 Å². The topological polar surface area (TPSA) is 41.6 Å². The maximum Gasteiger partial charge on any atom is 0.196 e. The molecule has 18 heavy (non-hydrogen) atoms. The van der Waals surface area contributed by atoms with Gasteiger partial charge in [0, 0.05) is 12.2 Å². The molecule has 0 atom stereocenters. The lowest BCUT2D eigenvalue weighted by Gasteiger charge is -2.23. The molecule has 0 saturated heterocycles. The van der Waals surface area contributed by atoms with Gasteiger partial charge in [-0.2, -0.15) is 0 Å². The zero-order valence-electron chi connectivity index (χ0n) is 10.8. The predicted octanol–water partition coefficient (Wildman–Crippen LogP) is 2.91. The van der Waals surface area contributed by atoms with Crippen molar-refractivity contribution in [2.24, 2.45) is 10.7 Å². The fourth-order valence-electron chi connectivity index (χ4n) is 2.41. The number of halogens is 1. The van der Waals surface area contributed by atoms with Crippen molar-refractivity contribution in [2.45, 2.75) is 38.6 Å². The Balaban J connectivity index is 2.17. The minimum absolute atomic E-state index is 0.250. The van der Waals surface area contributed by atoms with E-state index in [4.69, 9.17) is 5.73 Å². The van der Waals surface area contributed by atoms with Gasteiger partial charge in [-0.3, -0.25) is 0 Å². The van der Waals surface area contributed by atoms with E-state index < -0.39 is 0 Å². The largest absolute Gasteiger partial charge is 0.370 e. The Morgan fingerprint density at radius 3 is 2.78 bits per heavy atom. The molecule has 1 aliphatic carbocycles. The van der Waals surface area contributed by atoms with Crippen LogP contribution in [0.2, 0.25) is 0 Å². The molecular weight excluding hydrogens is 229 g/mol. The van der Waals surface area contributed by atoms with Crippen LogP contribution in [-0.4, -0.2) is 18.5 Å². The average molecular weight is 249 g/mol. The molecule has 0 radical (unpaired) electrons. The molecule has 1 fully saturated rings. The van der Waals surface area contributed by atoms with E-state index in [9.17, 15) is 4.39 Å². The number of rotatable bonds is 3. The van der Waals surface area contributed by atoms with Gasteiger partial charge in [-0.05, 0) is 38.0 Å². The summed E-state index contributed by atoms with van der Waals surface area (Å²) in [4.78, 5) is 6.40. The number of guanidine groups is 1. The molecule has 2 N–H and O–H groups in total. The van der Waals surface area contributed by atoms with Crippen LogP contribution in [0.25, 0.3) is 0 Å². The quantitative estimate of drug-likeness (QED) is 0.661. The van der Waals surface area contributed by atoms with Crippen molar-refractivity contribution < 1.29 is 4.39 Å². The second-order valence-corrected chi connectivity index (χ2v) is 4.65. The summed E-state index contributed by atoms with van der Waals surface area (Å²) in [6, 6.07) is 6.80. The van der Waals surface area contributed by atoms with Gasteiger partial charge in [-0.25, -0.2) is 9.38 Å². The zero-order chi connectivity index (χ0) is 13.0. The van der Waals surface area contributed by atoms with Crippen molar-refractivity contribution in [1.29, 1.82) is 0 Å². The smallest absolute Gasteiger partial charge is 0.196 e. The molecule has 0 aliphatic heterocycles. The first-order valence-corrected chi connectivity index (χ1v) is 6.57. The van der Waals surface area contributed by atoms with Crippen LogP contribution in [-0.2, 0) is 0 Å². The number of hydrogen-bond acceptors (Lipinski definition) is 1. The maximum absolute atomic E-state index is 13.2. The number of anilines is 1. The molecule has 1 aromatic rings. The number of aliphatic imine (C=N–C) groups is 1. The Bertz CT molecular complexity index is 425. The van der Waals surface area contributed by atoms with E-state index >= 15 is 0 Å². The first-order valence-electron chi connectivity index (χ1n) is 6.57. The van der Waals surface area contributed by atoms with Gasteiger partial charge >= 0.3 is 0 Å². The molecule has 1 saturated carbocycles. The van der Waals surface area contributed by atoms with Crippen LogP contribution in [0, 0.1) is 5.82 Å².